The first-order valence-corrected chi connectivity index (χ1v) is 17.3. The van der Waals surface area contributed by atoms with Gasteiger partial charge in [0.15, 0.2) is 0 Å². The van der Waals surface area contributed by atoms with Crippen LogP contribution in [0.3, 0.4) is 0 Å². The van der Waals surface area contributed by atoms with Gasteiger partial charge in [0.25, 0.3) is 0 Å². The van der Waals surface area contributed by atoms with Crippen molar-refractivity contribution in [2.24, 2.45) is 0 Å². The van der Waals surface area contributed by atoms with Crippen LogP contribution in [0.25, 0.3) is 0 Å². The normalized spacial score (nSPS) is 11.7. The summed E-state index contributed by atoms with van der Waals surface area (Å²) in [5, 5.41) is 0. The minimum Gasteiger partial charge on any atom is -0.376 e. The van der Waals surface area contributed by atoms with Crippen LogP contribution in [-0.2, 0) is 40.8 Å². The molecule has 0 aromatic heterocycles. The highest BCUT2D eigenvalue weighted by Gasteiger charge is 2.24. The molecule has 190 valence electrons. The molecule has 0 aliphatic rings. The van der Waals surface area contributed by atoms with Crippen LogP contribution in [0.1, 0.15) is 11.1 Å². The fraction of sp³-hybridized carbons (Fsp3) is 0.478. The third kappa shape index (κ3) is 15.1. The van der Waals surface area contributed by atoms with E-state index in [-0.39, 0.29) is 0 Å². The average Bonchev–Trinajstić information content (AvgIpc) is 2.88. The molecule has 0 aliphatic carbocycles. The van der Waals surface area contributed by atoms with E-state index in [1.165, 1.54) is 18.2 Å². The predicted molar refractivity (Wildman–Crippen MR) is 149 cm³/mol. The van der Waals surface area contributed by atoms with Gasteiger partial charge in [-0.15, -0.1) is 0 Å². The fourth-order valence-corrected chi connectivity index (χ4v) is 7.00. The fourth-order valence-electron chi connectivity index (χ4n) is 2.46. The van der Waals surface area contributed by atoms with Crippen LogP contribution in [0.5, 0.6) is 0 Å². The maximum Gasteiger partial charge on any atom is 0.474 e. The van der Waals surface area contributed by atoms with Crippen LogP contribution in [0.4, 0.5) is 0 Å². The maximum absolute atomic E-state index is 12.5. The predicted octanol–water partition coefficient (Wildman–Crippen LogP) is 6.97. The second-order valence-electron chi connectivity index (χ2n) is 6.66. The molecule has 0 radical (unpaired) electrons. The van der Waals surface area contributed by atoms with Gasteiger partial charge in [-0.2, -0.15) is 0 Å². The molecule has 2 rings (SSSR count). The monoisotopic (exact) mass is 564 g/mol. The molecule has 0 saturated heterocycles. The molecule has 2 aromatic rings. The molecule has 0 fully saturated rings. The van der Waals surface area contributed by atoms with Gasteiger partial charge in [0.2, 0.25) is 0 Å². The Bertz CT molecular complexity index is 726. The van der Waals surface area contributed by atoms with E-state index in [2.05, 4.69) is 24.3 Å². The zero-order chi connectivity index (χ0) is 24.2. The Morgan fingerprint density at radius 2 is 1.00 bits per heavy atom. The van der Waals surface area contributed by atoms with Gasteiger partial charge in [0, 0.05) is 30.1 Å². The van der Waals surface area contributed by atoms with Crippen molar-refractivity contribution in [2.45, 2.75) is 13.2 Å². The zero-order valence-corrected chi connectivity index (χ0v) is 23.5. The average molecular weight is 565 g/mol. The van der Waals surface area contributed by atoms with Gasteiger partial charge in [-0.3, -0.25) is 13.6 Å². The number of phosphoric ester groups is 1. The van der Waals surface area contributed by atoms with Gasteiger partial charge in [-0.25, -0.2) is 4.57 Å². The van der Waals surface area contributed by atoms with Crippen molar-refractivity contribution in [2.75, 3.05) is 56.5 Å². The highest BCUT2D eigenvalue weighted by atomic mass is 33.1. The first-order chi connectivity index (χ1) is 16.7. The maximum atomic E-state index is 12.5. The summed E-state index contributed by atoms with van der Waals surface area (Å²) in [4.78, 5) is 0. The first kappa shape index (κ1) is 30.1. The Kier molecular flexibility index (Phi) is 17.7. The lowest BCUT2D eigenvalue weighted by Gasteiger charge is -2.15. The Morgan fingerprint density at radius 1 is 0.618 bits per heavy atom. The topological polar surface area (TPSA) is 63.2 Å². The number of ether oxygens (including phenoxy) is 2. The number of hydrogen-bond donors (Lipinski definition) is 0. The summed E-state index contributed by atoms with van der Waals surface area (Å²) in [6.07, 6.45) is 0. The second kappa shape index (κ2) is 20.0. The van der Waals surface area contributed by atoms with Gasteiger partial charge >= 0.3 is 7.82 Å². The molecule has 0 atom stereocenters. The van der Waals surface area contributed by atoms with Crippen LogP contribution in [-0.4, -0.2) is 56.5 Å². The summed E-state index contributed by atoms with van der Waals surface area (Å²) < 4.78 is 39.5. The SMILES string of the molecule is COP(=O)(OCCSSCCOCc1ccccc1)OCCSSCCOCc1ccccc1. The van der Waals surface area contributed by atoms with Crippen molar-refractivity contribution < 1.29 is 27.6 Å². The molecule has 0 spiro atoms. The molecule has 2 aromatic carbocycles. The summed E-state index contributed by atoms with van der Waals surface area (Å²) in [5.41, 5.74) is 2.35. The van der Waals surface area contributed by atoms with Crippen LogP contribution in [0.15, 0.2) is 60.7 Å². The van der Waals surface area contributed by atoms with Crippen molar-refractivity contribution in [1.29, 1.82) is 0 Å². The van der Waals surface area contributed by atoms with Gasteiger partial charge in [-0.05, 0) is 11.1 Å². The van der Waals surface area contributed by atoms with Gasteiger partial charge < -0.3 is 9.47 Å². The van der Waals surface area contributed by atoms with Crippen molar-refractivity contribution in [3.63, 3.8) is 0 Å². The van der Waals surface area contributed by atoms with Crippen LogP contribution < -0.4 is 0 Å². The lowest BCUT2D eigenvalue weighted by atomic mass is 10.2. The molecule has 0 unspecified atom stereocenters. The van der Waals surface area contributed by atoms with Crippen molar-refractivity contribution in [3.8, 4) is 0 Å². The minimum atomic E-state index is -3.50. The smallest absolute Gasteiger partial charge is 0.376 e. The summed E-state index contributed by atoms with van der Waals surface area (Å²) in [5.74, 6) is 3.13. The first-order valence-electron chi connectivity index (χ1n) is 10.9. The Morgan fingerprint density at radius 3 is 1.38 bits per heavy atom. The van der Waals surface area contributed by atoms with Crippen molar-refractivity contribution in [3.05, 3.63) is 71.8 Å². The molecule has 0 saturated carbocycles. The van der Waals surface area contributed by atoms with E-state index in [4.69, 9.17) is 23.0 Å². The van der Waals surface area contributed by atoms with E-state index in [9.17, 15) is 4.57 Å². The van der Waals surface area contributed by atoms with Crippen LogP contribution in [0, 0.1) is 0 Å². The molecule has 0 amide bonds. The molecule has 34 heavy (non-hydrogen) atoms. The summed E-state index contributed by atoms with van der Waals surface area (Å²) >= 11 is 0. The molecule has 11 heteroatoms. The highest BCUT2D eigenvalue weighted by molar-refractivity contribution is 8.77. The summed E-state index contributed by atoms with van der Waals surface area (Å²) in [6, 6.07) is 20.2. The molecule has 6 nitrogen and oxygen atoms in total. The van der Waals surface area contributed by atoms with E-state index < -0.39 is 7.82 Å². The minimum absolute atomic E-state index is 0.300. The standard InChI is InChI=1S/C23H33O6PS4/c1-25-30(24,28-14-18-33-31-16-12-26-20-22-8-4-2-5-9-22)29-15-19-34-32-17-13-27-21-23-10-6-3-7-11-23/h2-11H,12-21H2,1H3. The summed E-state index contributed by atoms with van der Waals surface area (Å²) in [6.45, 7) is 3.22. The Labute approximate surface area is 219 Å². The molecule has 0 bridgehead atoms. The van der Waals surface area contributed by atoms with Crippen LogP contribution >= 0.6 is 51.0 Å². The molecular weight excluding hydrogens is 531 g/mol. The third-order valence-corrected chi connectivity index (χ3v) is 10.2. The molecule has 0 aliphatic heterocycles. The number of hydrogen-bond acceptors (Lipinski definition) is 10. The largest absolute Gasteiger partial charge is 0.474 e. The van der Waals surface area contributed by atoms with Crippen molar-refractivity contribution >= 4 is 51.0 Å². The van der Waals surface area contributed by atoms with E-state index >= 15 is 0 Å². The number of rotatable bonds is 21. The van der Waals surface area contributed by atoms with E-state index in [1.54, 1.807) is 43.2 Å². The van der Waals surface area contributed by atoms with Gasteiger partial charge in [0.1, 0.15) is 0 Å². The lowest BCUT2D eigenvalue weighted by Crippen LogP contribution is -2.03. The Balaban J connectivity index is 1.38. The van der Waals surface area contributed by atoms with Crippen molar-refractivity contribution in [1.82, 2.24) is 0 Å². The molecule has 0 heterocycles. The number of phosphoric acid groups is 1. The zero-order valence-electron chi connectivity index (χ0n) is 19.4. The van der Waals surface area contributed by atoms with Crippen LogP contribution in [0.2, 0.25) is 0 Å². The van der Waals surface area contributed by atoms with Gasteiger partial charge in [0.05, 0.1) is 39.6 Å². The second-order valence-corrected chi connectivity index (χ2v) is 13.8. The Hall–Kier alpha value is -0.130. The lowest BCUT2D eigenvalue weighted by molar-refractivity contribution is 0.136. The van der Waals surface area contributed by atoms with E-state index in [0.717, 1.165) is 11.5 Å². The molecule has 0 N–H and O–H groups in total. The quantitative estimate of drug-likeness (QED) is 0.0902. The van der Waals surface area contributed by atoms with Gasteiger partial charge in [-0.1, -0.05) is 104 Å². The number of benzene rings is 2. The van der Waals surface area contributed by atoms with E-state index in [0.29, 0.717) is 51.1 Å². The highest BCUT2D eigenvalue weighted by Crippen LogP contribution is 2.48. The van der Waals surface area contributed by atoms with E-state index in [1.807, 2.05) is 36.4 Å². The third-order valence-electron chi connectivity index (χ3n) is 4.07. The molecular formula is C23H33O6PS4. The summed E-state index contributed by atoms with van der Waals surface area (Å²) in [7, 11) is 4.56.